The van der Waals surface area contributed by atoms with E-state index in [1.54, 1.807) is 19.5 Å². The Kier molecular flexibility index (Phi) is 6.46. The Morgan fingerprint density at radius 2 is 2.04 bits per heavy atom. The van der Waals surface area contributed by atoms with Gasteiger partial charge in [0.25, 0.3) is 5.91 Å². The van der Waals surface area contributed by atoms with E-state index in [1.807, 2.05) is 30.1 Å². The van der Waals surface area contributed by atoms with E-state index in [-0.39, 0.29) is 23.9 Å². The van der Waals surface area contributed by atoms with Gasteiger partial charge in [0.2, 0.25) is 0 Å². The third-order valence-electron chi connectivity index (χ3n) is 9.99. The normalized spacial score (nSPS) is 22.5. The molecule has 2 aliphatic heterocycles. The van der Waals surface area contributed by atoms with Crippen molar-refractivity contribution in [1.29, 1.82) is 5.26 Å². The molecule has 8 rings (SSSR count). The molecule has 4 atom stereocenters. The van der Waals surface area contributed by atoms with Crippen LogP contribution in [0.4, 0.5) is 5.82 Å². The maximum atomic E-state index is 13.9. The second-order valence-electron chi connectivity index (χ2n) is 12.5. The molecule has 2 unspecified atom stereocenters. The van der Waals surface area contributed by atoms with Gasteiger partial charge in [-0.05, 0) is 61.4 Å². The first-order valence-corrected chi connectivity index (χ1v) is 15.5. The van der Waals surface area contributed by atoms with Crippen LogP contribution in [0.15, 0.2) is 48.9 Å². The van der Waals surface area contributed by atoms with E-state index in [0.717, 1.165) is 60.4 Å². The molecule has 45 heavy (non-hydrogen) atoms. The lowest BCUT2D eigenvalue weighted by molar-refractivity contribution is 0.0700. The van der Waals surface area contributed by atoms with Gasteiger partial charge in [0, 0.05) is 62.5 Å². The molecule has 12 heteroatoms. The number of ether oxygens (including phenoxy) is 1. The topological polar surface area (TPSA) is 144 Å². The molecule has 3 aliphatic rings. The van der Waals surface area contributed by atoms with Crippen LogP contribution in [0.3, 0.4) is 0 Å². The minimum absolute atomic E-state index is 0.0186. The minimum Gasteiger partial charge on any atom is -0.494 e. The van der Waals surface area contributed by atoms with Crippen molar-refractivity contribution in [2.45, 2.75) is 37.9 Å². The predicted octanol–water partition coefficient (Wildman–Crippen LogP) is 3.35. The summed E-state index contributed by atoms with van der Waals surface area (Å²) in [7, 11) is 3.65. The molecule has 0 spiro atoms. The third-order valence-corrected chi connectivity index (χ3v) is 9.99. The van der Waals surface area contributed by atoms with Crippen LogP contribution in [0.1, 0.15) is 35.3 Å². The molecule has 3 fully saturated rings. The van der Waals surface area contributed by atoms with Crippen LogP contribution in [0, 0.1) is 23.2 Å². The van der Waals surface area contributed by atoms with Crippen molar-refractivity contribution < 1.29 is 9.53 Å². The van der Waals surface area contributed by atoms with Crippen LogP contribution < -0.4 is 15.4 Å². The molecular weight excluding hydrogens is 568 g/mol. The van der Waals surface area contributed by atoms with E-state index in [0.29, 0.717) is 47.3 Å². The number of amides is 1. The number of pyridine rings is 1. The number of hydrogen-bond donors (Lipinski definition) is 1. The highest BCUT2D eigenvalue weighted by molar-refractivity contribution is 6.00. The zero-order valence-corrected chi connectivity index (χ0v) is 25.3. The number of nitrogens with two attached hydrogens (primary N) is 1. The van der Waals surface area contributed by atoms with Crippen molar-refractivity contribution in [1.82, 2.24) is 34.0 Å². The smallest absolute Gasteiger partial charge is 0.254 e. The molecule has 12 nitrogen and oxygen atoms in total. The number of piperidine rings is 1. The zero-order chi connectivity index (χ0) is 30.8. The number of likely N-dealkylation sites (tertiary alicyclic amines) is 1. The van der Waals surface area contributed by atoms with E-state index in [9.17, 15) is 10.1 Å². The molecule has 1 aliphatic carbocycles. The van der Waals surface area contributed by atoms with Gasteiger partial charge in [-0.2, -0.15) is 5.26 Å². The predicted molar refractivity (Wildman–Crippen MR) is 169 cm³/mol. The van der Waals surface area contributed by atoms with Gasteiger partial charge < -0.3 is 29.4 Å². The van der Waals surface area contributed by atoms with Crippen LogP contribution in [0.2, 0.25) is 0 Å². The van der Waals surface area contributed by atoms with Gasteiger partial charge in [-0.15, -0.1) is 0 Å². The summed E-state index contributed by atoms with van der Waals surface area (Å²) < 4.78 is 10.3. The van der Waals surface area contributed by atoms with Gasteiger partial charge in [-0.1, -0.05) is 0 Å². The molecule has 1 amide bonds. The SMILES string of the molecule is COc1cc(C(=O)N2CC3CCC2[C@@H]3N)cc2nc(-c3cc4cccnc4n3C)n(C[C@H]3CCN(c4cncc(C#N)n4)C3)c12. The standard InChI is InChI=1S/C33H34N10O2/c1-40-26(11-20-4-3-8-37-31(20)40)32-39-24-10-22(33(44)42-18-21-5-6-25(42)29(21)35)12-27(45-2)30(24)43(32)17-19-7-9-41(16-19)28-15-36-14-23(13-34)38-28/h3-4,8,10-12,14-15,19,21,25,29H,5-7,9,16-18,35H2,1-2H3/t19-,21?,25?,29+/m0/s1. The number of imidazole rings is 1. The van der Waals surface area contributed by atoms with Crippen molar-refractivity contribution in [3.8, 4) is 23.3 Å². The number of fused-ring (bicyclic) bond motifs is 4. The van der Waals surface area contributed by atoms with Crippen LogP contribution in [0.25, 0.3) is 33.6 Å². The van der Waals surface area contributed by atoms with Crippen LogP contribution in [-0.4, -0.2) is 78.7 Å². The van der Waals surface area contributed by atoms with Gasteiger partial charge in [-0.25, -0.2) is 15.0 Å². The Hall–Kier alpha value is -5.02. The van der Waals surface area contributed by atoms with Crippen molar-refractivity contribution >= 4 is 33.8 Å². The largest absolute Gasteiger partial charge is 0.494 e. The number of benzene rings is 1. The first-order chi connectivity index (χ1) is 21.9. The summed E-state index contributed by atoms with van der Waals surface area (Å²) in [5.74, 6) is 2.74. The summed E-state index contributed by atoms with van der Waals surface area (Å²) in [6, 6.07) is 12.1. The Morgan fingerprint density at radius 1 is 1.16 bits per heavy atom. The monoisotopic (exact) mass is 602 g/mol. The maximum absolute atomic E-state index is 13.9. The first-order valence-electron chi connectivity index (χ1n) is 15.5. The number of carbonyl (C=O) groups excluding carboxylic acids is 1. The van der Waals surface area contributed by atoms with E-state index in [2.05, 4.69) is 47.2 Å². The minimum atomic E-state index is -0.0186. The Morgan fingerprint density at radius 3 is 2.80 bits per heavy atom. The zero-order valence-electron chi connectivity index (χ0n) is 25.3. The van der Waals surface area contributed by atoms with E-state index in [1.165, 1.54) is 6.20 Å². The number of rotatable bonds is 6. The number of aromatic nitrogens is 6. The van der Waals surface area contributed by atoms with Crippen molar-refractivity contribution in [3.05, 3.63) is 60.2 Å². The summed E-state index contributed by atoms with van der Waals surface area (Å²) in [5, 5.41) is 10.3. The van der Waals surface area contributed by atoms with Crippen LogP contribution >= 0.6 is 0 Å². The fraction of sp³-hybridized carbons (Fsp3) is 0.394. The molecule has 4 aromatic heterocycles. The van der Waals surface area contributed by atoms with Gasteiger partial charge in [0.1, 0.15) is 28.8 Å². The molecule has 5 aromatic rings. The molecule has 0 radical (unpaired) electrons. The van der Waals surface area contributed by atoms with Crippen LogP contribution in [0.5, 0.6) is 5.75 Å². The highest BCUT2D eigenvalue weighted by Gasteiger charge is 2.47. The highest BCUT2D eigenvalue weighted by atomic mass is 16.5. The van der Waals surface area contributed by atoms with Gasteiger partial charge >= 0.3 is 0 Å². The third kappa shape index (κ3) is 4.41. The number of anilines is 1. The molecular formula is C33H34N10O2. The molecule has 1 saturated carbocycles. The maximum Gasteiger partial charge on any atom is 0.254 e. The van der Waals surface area contributed by atoms with E-state index < -0.39 is 0 Å². The molecule has 1 aromatic carbocycles. The Bertz CT molecular complexity index is 2010. The average molecular weight is 603 g/mol. The highest BCUT2D eigenvalue weighted by Crippen LogP contribution is 2.40. The molecule has 2 saturated heterocycles. The summed E-state index contributed by atoms with van der Waals surface area (Å²) in [6.07, 6.45) is 7.96. The van der Waals surface area contributed by atoms with Gasteiger partial charge in [0.05, 0.1) is 30.7 Å². The summed E-state index contributed by atoms with van der Waals surface area (Å²) in [4.78, 5) is 36.5. The number of aryl methyl sites for hydroxylation is 1. The summed E-state index contributed by atoms with van der Waals surface area (Å²) in [6.45, 7) is 2.95. The van der Waals surface area contributed by atoms with E-state index in [4.69, 9.17) is 15.5 Å². The average Bonchev–Trinajstić information content (AvgIpc) is 3.90. The number of carbonyl (C=O) groups is 1. The Labute approximate surface area is 260 Å². The summed E-state index contributed by atoms with van der Waals surface area (Å²) in [5.41, 5.74) is 10.7. The van der Waals surface area contributed by atoms with Crippen molar-refractivity contribution in [2.75, 3.05) is 31.6 Å². The number of methoxy groups -OCH3 is 1. The first kappa shape index (κ1) is 27.5. The van der Waals surface area contributed by atoms with Gasteiger partial charge in [0.15, 0.2) is 11.5 Å². The summed E-state index contributed by atoms with van der Waals surface area (Å²) >= 11 is 0. The molecule has 2 bridgehead atoms. The van der Waals surface area contributed by atoms with Crippen LogP contribution in [-0.2, 0) is 13.6 Å². The molecule has 6 heterocycles. The quantitative estimate of drug-likeness (QED) is 0.309. The van der Waals surface area contributed by atoms with Crippen molar-refractivity contribution in [3.63, 3.8) is 0 Å². The second-order valence-corrected chi connectivity index (χ2v) is 12.5. The lowest BCUT2D eigenvalue weighted by atomic mass is 10.1. The Balaban J connectivity index is 1.21. The number of nitriles is 1. The molecule has 2 N–H and O–H groups in total. The fourth-order valence-electron chi connectivity index (χ4n) is 7.72. The molecule has 228 valence electrons. The van der Waals surface area contributed by atoms with Crippen molar-refractivity contribution in [2.24, 2.45) is 24.6 Å². The fourth-order valence-corrected chi connectivity index (χ4v) is 7.72. The van der Waals surface area contributed by atoms with E-state index >= 15 is 0 Å². The lowest BCUT2D eigenvalue weighted by Gasteiger charge is -2.27. The number of hydrogen-bond acceptors (Lipinski definition) is 9. The van der Waals surface area contributed by atoms with Gasteiger partial charge in [-0.3, -0.25) is 9.78 Å². The lowest BCUT2D eigenvalue weighted by Crippen LogP contribution is -2.41. The second kappa shape index (κ2) is 10.6. The number of nitrogens with zero attached hydrogens (tertiary/aromatic N) is 9.